The molecule has 0 aliphatic heterocycles. The van der Waals surface area contributed by atoms with Crippen LogP contribution in [0.4, 0.5) is 5.69 Å². The number of fused-ring (bicyclic) bond motifs is 1. The van der Waals surface area contributed by atoms with Gasteiger partial charge in [-0.15, -0.1) is 0 Å². The second kappa shape index (κ2) is 8.18. The lowest BCUT2D eigenvalue weighted by Crippen LogP contribution is -2.19. The van der Waals surface area contributed by atoms with E-state index in [0.29, 0.717) is 16.8 Å². The summed E-state index contributed by atoms with van der Waals surface area (Å²) in [6.45, 7) is 5.60. The lowest BCUT2D eigenvalue weighted by Gasteiger charge is -2.16. The lowest BCUT2D eigenvalue weighted by atomic mass is 10.1. The maximum atomic E-state index is 13.4. The molecule has 0 amide bonds. The third-order valence-corrected chi connectivity index (χ3v) is 8.20. The second-order valence-electron chi connectivity index (χ2n) is 7.96. The summed E-state index contributed by atoms with van der Waals surface area (Å²) in [5.74, 6) is 0. The molecule has 1 heterocycles. The quantitative estimate of drug-likeness (QED) is 0.460. The molecule has 0 atom stereocenters. The fourth-order valence-corrected chi connectivity index (χ4v) is 6.26. The summed E-state index contributed by atoms with van der Waals surface area (Å²) in [7, 11) is -0.452. The number of nitrogens with zero attached hydrogens (tertiary/aromatic N) is 2. The fourth-order valence-electron chi connectivity index (χ4n) is 3.79. The van der Waals surface area contributed by atoms with Gasteiger partial charge in [-0.25, -0.2) is 13.2 Å². The first kappa shape index (κ1) is 22.2. The Morgan fingerprint density at radius 3 is 2.16 bits per heavy atom. The van der Waals surface area contributed by atoms with E-state index in [2.05, 4.69) is 4.72 Å². The summed E-state index contributed by atoms with van der Waals surface area (Å²) in [5, 5.41) is 0. The average Bonchev–Trinajstić information content (AvgIpc) is 2.95. The Labute approximate surface area is 191 Å². The van der Waals surface area contributed by atoms with Gasteiger partial charge in [0.25, 0.3) is 10.0 Å². The van der Waals surface area contributed by atoms with Crippen molar-refractivity contribution >= 4 is 38.5 Å². The first-order chi connectivity index (χ1) is 15.1. The van der Waals surface area contributed by atoms with Crippen molar-refractivity contribution in [1.29, 1.82) is 0 Å². The first-order valence-corrected chi connectivity index (χ1v) is 12.4. The van der Waals surface area contributed by atoms with Crippen LogP contribution in [-0.4, -0.2) is 17.6 Å². The zero-order valence-electron chi connectivity index (χ0n) is 18.6. The number of hydrogen-bond donors (Lipinski definition) is 1. The van der Waals surface area contributed by atoms with Crippen molar-refractivity contribution in [2.45, 2.75) is 35.5 Å². The van der Waals surface area contributed by atoms with Gasteiger partial charge in [-0.1, -0.05) is 36.0 Å². The molecule has 0 fully saturated rings. The summed E-state index contributed by atoms with van der Waals surface area (Å²) in [6.07, 6.45) is 0. The van der Waals surface area contributed by atoms with Crippen molar-refractivity contribution in [3.63, 3.8) is 0 Å². The predicted octanol–water partition coefficient (Wildman–Crippen LogP) is 4.75. The third kappa shape index (κ3) is 3.96. The lowest BCUT2D eigenvalue weighted by molar-refractivity contribution is 0.600. The number of sulfonamides is 1. The largest absolute Gasteiger partial charge is 0.328 e. The van der Waals surface area contributed by atoms with Crippen LogP contribution in [0.25, 0.3) is 11.0 Å². The Morgan fingerprint density at radius 1 is 0.875 bits per heavy atom. The third-order valence-electron chi connectivity index (χ3n) is 5.64. The van der Waals surface area contributed by atoms with Gasteiger partial charge in [0.2, 0.25) is 0 Å². The molecule has 0 unspecified atom stereocenters. The van der Waals surface area contributed by atoms with Crippen LogP contribution >= 0.6 is 11.8 Å². The van der Waals surface area contributed by atoms with Gasteiger partial charge in [0.15, 0.2) is 0 Å². The van der Waals surface area contributed by atoms with Crippen LogP contribution in [0, 0.1) is 20.8 Å². The number of anilines is 1. The van der Waals surface area contributed by atoms with Crippen LogP contribution in [0.2, 0.25) is 0 Å². The van der Waals surface area contributed by atoms with Gasteiger partial charge in [0.05, 0.1) is 21.6 Å². The van der Waals surface area contributed by atoms with Crippen LogP contribution in [0.3, 0.4) is 0 Å². The Hall–Kier alpha value is -2.97. The summed E-state index contributed by atoms with van der Waals surface area (Å²) in [6, 6.07) is 17.0. The molecule has 1 N–H and O–H groups in total. The van der Waals surface area contributed by atoms with Crippen molar-refractivity contribution in [2.24, 2.45) is 14.1 Å². The van der Waals surface area contributed by atoms with Gasteiger partial charge in [0.1, 0.15) is 0 Å². The maximum absolute atomic E-state index is 13.4. The molecule has 6 nitrogen and oxygen atoms in total. The highest BCUT2D eigenvalue weighted by Crippen LogP contribution is 2.37. The number of imidazole rings is 1. The Balaban J connectivity index is 1.89. The van der Waals surface area contributed by atoms with E-state index in [1.807, 2.05) is 63.2 Å². The van der Waals surface area contributed by atoms with Crippen molar-refractivity contribution in [3.8, 4) is 0 Å². The van der Waals surface area contributed by atoms with Gasteiger partial charge in [0, 0.05) is 23.9 Å². The number of aromatic nitrogens is 2. The number of aryl methyl sites for hydroxylation is 4. The SMILES string of the molecule is Cc1cc(C)c(C)c(S(=O)(=O)Nc2cc3c(cc2Sc2ccccc2)n(C)c(=O)n3C)c1. The van der Waals surface area contributed by atoms with Crippen molar-refractivity contribution in [3.05, 3.63) is 81.8 Å². The number of hydrogen-bond acceptors (Lipinski definition) is 4. The first-order valence-electron chi connectivity index (χ1n) is 10.1. The molecule has 0 aliphatic rings. The standard InChI is InChI=1S/C24H25N3O3S2/c1-15-11-16(2)17(3)23(12-15)32(29,30)25-19-13-20-21(27(5)24(28)26(20)4)14-22(19)31-18-9-7-6-8-10-18/h6-14,25H,1-5H3. The molecule has 0 spiro atoms. The molecule has 0 saturated carbocycles. The van der Waals surface area contributed by atoms with E-state index < -0.39 is 10.0 Å². The summed E-state index contributed by atoms with van der Waals surface area (Å²) < 4.78 is 32.7. The molecule has 1 aromatic heterocycles. The van der Waals surface area contributed by atoms with E-state index in [9.17, 15) is 13.2 Å². The topological polar surface area (TPSA) is 73.1 Å². The Morgan fingerprint density at radius 2 is 1.50 bits per heavy atom. The van der Waals surface area contributed by atoms with Crippen LogP contribution in [0.5, 0.6) is 0 Å². The molecule has 4 aromatic rings. The molecule has 3 aromatic carbocycles. The highest BCUT2D eigenvalue weighted by molar-refractivity contribution is 7.99. The Bertz CT molecular complexity index is 1500. The number of nitrogens with one attached hydrogen (secondary N) is 1. The molecule has 166 valence electrons. The van der Waals surface area contributed by atoms with Crippen molar-refractivity contribution < 1.29 is 8.42 Å². The van der Waals surface area contributed by atoms with Crippen LogP contribution in [0.1, 0.15) is 16.7 Å². The maximum Gasteiger partial charge on any atom is 0.328 e. The minimum Gasteiger partial charge on any atom is -0.295 e. The van der Waals surface area contributed by atoms with E-state index in [0.717, 1.165) is 26.4 Å². The van der Waals surface area contributed by atoms with Crippen LogP contribution in [0.15, 0.2) is 74.1 Å². The van der Waals surface area contributed by atoms with E-state index in [1.54, 1.807) is 30.8 Å². The highest BCUT2D eigenvalue weighted by Gasteiger charge is 2.22. The molecule has 32 heavy (non-hydrogen) atoms. The minimum absolute atomic E-state index is 0.166. The van der Waals surface area contributed by atoms with Crippen LogP contribution in [-0.2, 0) is 24.1 Å². The van der Waals surface area contributed by atoms with Gasteiger partial charge in [-0.05, 0) is 67.8 Å². The minimum atomic E-state index is -3.85. The number of benzene rings is 3. The van der Waals surface area contributed by atoms with Gasteiger partial charge >= 0.3 is 5.69 Å². The average molecular weight is 468 g/mol. The summed E-state index contributed by atoms with van der Waals surface area (Å²) in [4.78, 5) is 14.4. The molecular weight excluding hydrogens is 442 g/mol. The molecule has 0 bridgehead atoms. The zero-order valence-corrected chi connectivity index (χ0v) is 20.3. The molecular formula is C24H25N3O3S2. The van der Waals surface area contributed by atoms with E-state index in [1.165, 1.54) is 16.3 Å². The fraction of sp³-hybridized carbons (Fsp3) is 0.208. The predicted molar refractivity (Wildman–Crippen MR) is 130 cm³/mol. The molecule has 0 saturated heterocycles. The Kier molecular flexibility index (Phi) is 5.68. The van der Waals surface area contributed by atoms with Gasteiger partial charge in [-0.2, -0.15) is 0 Å². The second-order valence-corrected chi connectivity index (χ2v) is 10.7. The van der Waals surface area contributed by atoms with E-state index in [4.69, 9.17) is 0 Å². The molecule has 0 radical (unpaired) electrons. The van der Waals surface area contributed by atoms with E-state index in [-0.39, 0.29) is 10.6 Å². The molecule has 0 aliphatic carbocycles. The highest BCUT2D eigenvalue weighted by atomic mass is 32.2. The monoisotopic (exact) mass is 467 g/mol. The molecule has 8 heteroatoms. The van der Waals surface area contributed by atoms with Gasteiger partial charge < -0.3 is 0 Å². The van der Waals surface area contributed by atoms with Crippen molar-refractivity contribution in [2.75, 3.05) is 4.72 Å². The smallest absolute Gasteiger partial charge is 0.295 e. The molecule has 4 rings (SSSR count). The summed E-state index contributed by atoms with van der Waals surface area (Å²) >= 11 is 1.45. The zero-order chi connectivity index (χ0) is 23.2. The van der Waals surface area contributed by atoms with Crippen molar-refractivity contribution in [1.82, 2.24) is 9.13 Å². The van der Waals surface area contributed by atoms with Gasteiger partial charge in [-0.3, -0.25) is 13.9 Å². The number of rotatable bonds is 5. The summed E-state index contributed by atoms with van der Waals surface area (Å²) in [5.41, 5.74) is 4.19. The van der Waals surface area contributed by atoms with Crippen LogP contribution < -0.4 is 10.4 Å². The normalized spacial score (nSPS) is 11.8. The van der Waals surface area contributed by atoms with E-state index >= 15 is 0 Å².